The van der Waals surface area contributed by atoms with Gasteiger partial charge in [0, 0.05) is 19.7 Å². The molecule has 0 saturated carbocycles. The number of nitrogens with one attached hydrogen (secondary N) is 2. The Morgan fingerprint density at radius 1 is 1.44 bits per heavy atom. The molecule has 0 aliphatic carbocycles. The van der Waals surface area contributed by atoms with Gasteiger partial charge in [0.25, 0.3) is 0 Å². The van der Waals surface area contributed by atoms with Crippen LogP contribution in [-0.4, -0.2) is 35.8 Å². The third-order valence-corrected chi connectivity index (χ3v) is 2.82. The van der Waals surface area contributed by atoms with Crippen LogP contribution in [0.3, 0.4) is 0 Å². The van der Waals surface area contributed by atoms with E-state index >= 15 is 0 Å². The van der Waals surface area contributed by atoms with E-state index in [0.29, 0.717) is 6.10 Å². The normalized spacial score (nSPS) is 21.8. The monoisotopic (exact) mass is 222 g/mol. The van der Waals surface area contributed by atoms with Gasteiger partial charge < -0.3 is 15.4 Å². The van der Waals surface area contributed by atoms with Crippen LogP contribution < -0.4 is 10.6 Å². The largest absolute Gasteiger partial charge is 0.376 e. The second-order valence-corrected chi connectivity index (χ2v) is 4.02. The maximum absolute atomic E-state index is 5.62. The van der Waals surface area contributed by atoms with Crippen LogP contribution in [0.1, 0.15) is 19.8 Å². The summed E-state index contributed by atoms with van der Waals surface area (Å²) in [7, 11) is 1.84. The summed E-state index contributed by atoms with van der Waals surface area (Å²) in [6, 6.07) is 2.17. The molecule has 0 radical (unpaired) electrons. The Morgan fingerprint density at radius 2 is 2.25 bits per heavy atom. The molecule has 2 heterocycles. The lowest BCUT2D eigenvalue weighted by Crippen LogP contribution is -2.30. The summed E-state index contributed by atoms with van der Waals surface area (Å²) in [5.74, 6) is 1.65. The van der Waals surface area contributed by atoms with Gasteiger partial charge in [-0.05, 0) is 19.8 Å². The van der Waals surface area contributed by atoms with Gasteiger partial charge in [-0.1, -0.05) is 0 Å². The molecule has 2 atom stereocenters. The van der Waals surface area contributed by atoms with Gasteiger partial charge >= 0.3 is 0 Å². The summed E-state index contributed by atoms with van der Waals surface area (Å²) in [5.41, 5.74) is 0. The summed E-state index contributed by atoms with van der Waals surface area (Å²) < 4.78 is 5.62. The van der Waals surface area contributed by atoms with Crippen molar-refractivity contribution in [1.82, 2.24) is 9.97 Å². The fourth-order valence-corrected chi connectivity index (χ4v) is 1.90. The van der Waals surface area contributed by atoms with E-state index in [1.807, 2.05) is 13.1 Å². The minimum Gasteiger partial charge on any atom is -0.376 e. The lowest BCUT2D eigenvalue weighted by Gasteiger charge is -2.20. The van der Waals surface area contributed by atoms with Gasteiger partial charge in [0.1, 0.15) is 18.0 Å². The van der Waals surface area contributed by atoms with Crippen molar-refractivity contribution in [2.24, 2.45) is 0 Å². The van der Waals surface area contributed by atoms with Crippen LogP contribution in [0.5, 0.6) is 0 Å². The quantitative estimate of drug-likeness (QED) is 0.808. The van der Waals surface area contributed by atoms with Crippen LogP contribution >= 0.6 is 0 Å². The van der Waals surface area contributed by atoms with Gasteiger partial charge in [0.15, 0.2) is 0 Å². The Balaban J connectivity index is 1.96. The predicted octanol–water partition coefficient (Wildman–Crippen LogP) is 1.50. The molecule has 2 rings (SSSR count). The molecule has 1 fully saturated rings. The lowest BCUT2D eigenvalue weighted by molar-refractivity contribution is 0.0995. The van der Waals surface area contributed by atoms with Crippen molar-refractivity contribution in [3.8, 4) is 0 Å². The Labute approximate surface area is 95.6 Å². The van der Waals surface area contributed by atoms with Crippen LogP contribution in [-0.2, 0) is 4.74 Å². The van der Waals surface area contributed by atoms with Crippen molar-refractivity contribution in [3.05, 3.63) is 12.4 Å². The van der Waals surface area contributed by atoms with Gasteiger partial charge in [-0.15, -0.1) is 0 Å². The van der Waals surface area contributed by atoms with E-state index in [9.17, 15) is 0 Å². The smallest absolute Gasteiger partial charge is 0.131 e. The number of anilines is 2. The average Bonchev–Trinajstić information content (AvgIpc) is 2.83. The van der Waals surface area contributed by atoms with Crippen LogP contribution in [0.15, 0.2) is 12.4 Å². The summed E-state index contributed by atoms with van der Waals surface area (Å²) in [6.45, 7) is 3.00. The number of aromatic nitrogens is 2. The van der Waals surface area contributed by atoms with E-state index in [4.69, 9.17) is 4.74 Å². The zero-order valence-corrected chi connectivity index (χ0v) is 9.73. The fraction of sp³-hybridized carbons (Fsp3) is 0.636. The number of hydrogen-bond donors (Lipinski definition) is 2. The number of hydrogen-bond acceptors (Lipinski definition) is 5. The molecule has 5 nitrogen and oxygen atoms in total. The standard InChI is InChI=1S/C11H18N4O/c1-8(9-4-3-5-16-9)15-11-6-10(12-2)13-7-14-11/h6-9H,3-5H2,1-2H3,(H2,12,13,14,15). The van der Waals surface area contributed by atoms with E-state index in [-0.39, 0.29) is 6.04 Å². The SMILES string of the molecule is CNc1cc(NC(C)C2CCCO2)ncn1. The van der Waals surface area contributed by atoms with Crippen LogP contribution in [0.4, 0.5) is 11.6 Å². The molecule has 16 heavy (non-hydrogen) atoms. The van der Waals surface area contributed by atoms with E-state index in [0.717, 1.165) is 31.1 Å². The van der Waals surface area contributed by atoms with Gasteiger partial charge in [-0.3, -0.25) is 0 Å². The first-order valence-corrected chi connectivity index (χ1v) is 5.67. The van der Waals surface area contributed by atoms with Gasteiger partial charge in [-0.2, -0.15) is 0 Å². The molecule has 0 aromatic carbocycles. The van der Waals surface area contributed by atoms with Crippen molar-refractivity contribution in [3.63, 3.8) is 0 Å². The molecular formula is C11H18N4O. The summed E-state index contributed by atoms with van der Waals surface area (Å²) in [4.78, 5) is 8.25. The molecule has 1 saturated heterocycles. The number of rotatable bonds is 4. The molecule has 1 aliphatic rings. The highest BCUT2D eigenvalue weighted by Gasteiger charge is 2.22. The topological polar surface area (TPSA) is 59.1 Å². The molecule has 5 heteroatoms. The van der Waals surface area contributed by atoms with Crippen molar-refractivity contribution in [2.75, 3.05) is 24.3 Å². The Morgan fingerprint density at radius 3 is 2.94 bits per heavy atom. The first-order chi connectivity index (χ1) is 7.79. The maximum atomic E-state index is 5.62. The minimum atomic E-state index is 0.280. The first kappa shape index (κ1) is 11.1. The maximum Gasteiger partial charge on any atom is 0.131 e. The molecule has 1 aliphatic heterocycles. The predicted molar refractivity (Wildman–Crippen MR) is 63.6 cm³/mol. The summed E-state index contributed by atoms with van der Waals surface area (Å²) in [6.07, 6.45) is 4.13. The van der Waals surface area contributed by atoms with E-state index < -0.39 is 0 Å². The lowest BCUT2D eigenvalue weighted by atomic mass is 10.1. The summed E-state index contributed by atoms with van der Waals surface area (Å²) >= 11 is 0. The summed E-state index contributed by atoms with van der Waals surface area (Å²) in [5, 5.41) is 6.33. The molecule has 88 valence electrons. The van der Waals surface area contributed by atoms with E-state index in [1.54, 1.807) is 6.33 Å². The molecule has 1 aromatic rings. The second-order valence-electron chi connectivity index (χ2n) is 4.02. The molecular weight excluding hydrogens is 204 g/mol. The van der Waals surface area contributed by atoms with Crippen LogP contribution in [0.2, 0.25) is 0 Å². The van der Waals surface area contributed by atoms with E-state index in [1.165, 1.54) is 0 Å². The van der Waals surface area contributed by atoms with Gasteiger partial charge in [0.05, 0.1) is 12.1 Å². The highest BCUT2D eigenvalue weighted by Crippen LogP contribution is 2.18. The molecule has 0 bridgehead atoms. The molecule has 2 N–H and O–H groups in total. The number of nitrogens with zero attached hydrogens (tertiary/aromatic N) is 2. The highest BCUT2D eigenvalue weighted by atomic mass is 16.5. The van der Waals surface area contributed by atoms with Crippen LogP contribution in [0, 0.1) is 0 Å². The van der Waals surface area contributed by atoms with Gasteiger partial charge in [0.2, 0.25) is 0 Å². The molecule has 1 aromatic heterocycles. The van der Waals surface area contributed by atoms with Gasteiger partial charge in [-0.25, -0.2) is 9.97 Å². The Bertz CT molecular complexity index is 339. The first-order valence-electron chi connectivity index (χ1n) is 5.67. The minimum absolute atomic E-state index is 0.280. The molecule has 0 spiro atoms. The van der Waals surface area contributed by atoms with Crippen molar-refractivity contribution < 1.29 is 4.74 Å². The molecule has 0 amide bonds. The zero-order chi connectivity index (χ0) is 11.4. The van der Waals surface area contributed by atoms with E-state index in [2.05, 4.69) is 27.5 Å². The van der Waals surface area contributed by atoms with Crippen molar-refractivity contribution in [2.45, 2.75) is 31.9 Å². The highest BCUT2D eigenvalue weighted by molar-refractivity contribution is 5.46. The average molecular weight is 222 g/mol. The molecule has 2 unspecified atom stereocenters. The van der Waals surface area contributed by atoms with Crippen LogP contribution in [0.25, 0.3) is 0 Å². The zero-order valence-electron chi connectivity index (χ0n) is 9.73. The Kier molecular flexibility index (Phi) is 3.56. The third-order valence-electron chi connectivity index (χ3n) is 2.82. The second kappa shape index (κ2) is 5.12. The number of ether oxygens (including phenoxy) is 1. The van der Waals surface area contributed by atoms with Crippen molar-refractivity contribution in [1.29, 1.82) is 0 Å². The fourth-order valence-electron chi connectivity index (χ4n) is 1.90. The van der Waals surface area contributed by atoms with Crippen molar-refractivity contribution >= 4 is 11.6 Å². The Hall–Kier alpha value is -1.36. The third kappa shape index (κ3) is 2.61.